The molecule has 1 atom stereocenters. The number of aliphatic hydroxyl groups is 1. The van der Waals surface area contributed by atoms with Crippen molar-refractivity contribution in [1.82, 2.24) is 4.98 Å². The van der Waals surface area contributed by atoms with Crippen molar-refractivity contribution >= 4 is 0 Å². The second-order valence-electron chi connectivity index (χ2n) is 5.31. The van der Waals surface area contributed by atoms with Crippen LogP contribution in [0.15, 0.2) is 4.42 Å². The molecule has 1 aliphatic rings. The zero-order valence-electron chi connectivity index (χ0n) is 10.5. The van der Waals surface area contributed by atoms with Crippen LogP contribution in [-0.2, 0) is 11.8 Å². The summed E-state index contributed by atoms with van der Waals surface area (Å²) in [5, 5.41) is 10.2. The lowest BCUT2D eigenvalue weighted by Crippen LogP contribution is -2.24. The average molecular weight is 263 g/mol. The molecule has 0 aromatic carbocycles. The quantitative estimate of drug-likeness (QED) is 0.908. The molecule has 1 aliphatic carbocycles. The minimum absolute atomic E-state index is 0.0581. The molecule has 2 rings (SSSR count). The molecule has 3 nitrogen and oxygen atoms in total. The molecule has 0 aliphatic heterocycles. The molecule has 0 saturated heterocycles. The number of halogens is 3. The average Bonchev–Trinajstić information content (AvgIpc) is 2.94. The topological polar surface area (TPSA) is 46.3 Å². The van der Waals surface area contributed by atoms with E-state index in [0.717, 1.165) is 12.8 Å². The van der Waals surface area contributed by atoms with E-state index in [0.29, 0.717) is 0 Å². The first-order chi connectivity index (χ1) is 8.14. The van der Waals surface area contributed by atoms with Crippen LogP contribution < -0.4 is 0 Å². The van der Waals surface area contributed by atoms with Gasteiger partial charge >= 0.3 is 6.18 Å². The van der Waals surface area contributed by atoms with Crippen LogP contribution in [0.3, 0.4) is 0 Å². The number of nitrogens with zero attached hydrogens (tertiary/aromatic N) is 1. The fourth-order valence-corrected chi connectivity index (χ4v) is 1.96. The van der Waals surface area contributed by atoms with Crippen LogP contribution in [0.2, 0.25) is 0 Å². The summed E-state index contributed by atoms with van der Waals surface area (Å²) < 4.78 is 43.7. The van der Waals surface area contributed by atoms with E-state index in [1.165, 1.54) is 6.92 Å². The van der Waals surface area contributed by atoms with Crippen LogP contribution in [0.1, 0.15) is 56.9 Å². The highest BCUT2D eigenvalue weighted by molar-refractivity contribution is 5.20. The van der Waals surface area contributed by atoms with Crippen molar-refractivity contribution in [2.45, 2.75) is 51.3 Å². The summed E-state index contributed by atoms with van der Waals surface area (Å²) in [5.74, 6) is -0.922. The third kappa shape index (κ3) is 2.25. The first-order valence-corrected chi connectivity index (χ1v) is 5.94. The summed E-state index contributed by atoms with van der Waals surface area (Å²) in [6.45, 7) is 4.66. The summed E-state index contributed by atoms with van der Waals surface area (Å²) in [4.78, 5) is 3.49. The fraction of sp³-hybridized carbons (Fsp3) is 0.750. The Kier molecular flexibility index (Phi) is 2.96. The molecule has 0 spiro atoms. The van der Waals surface area contributed by atoms with E-state index in [1.807, 2.05) is 0 Å². The summed E-state index contributed by atoms with van der Waals surface area (Å²) >= 11 is 0. The highest BCUT2D eigenvalue weighted by atomic mass is 19.4. The SMILES string of the molecule is CC(C)c1oc(C(C)(O)C2CC2)nc1C(F)(F)F. The Balaban J connectivity index is 2.45. The molecule has 0 amide bonds. The number of rotatable bonds is 3. The Hall–Kier alpha value is -1.04. The van der Waals surface area contributed by atoms with E-state index in [2.05, 4.69) is 4.98 Å². The molecular formula is C12H16F3NO2. The minimum atomic E-state index is -4.55. The first kappa shape index (κ1) is 13.4. The number of hydrogen-bond donors (Lipinski definition) is 1. The second-order valence-corrected chi connectivity index (χ2v) is 5.31. The van der Waals surface area contributed by atoms with Crippen molar-refractivity contribution in [2.75, 3.05) is 0 Å². The largest absolute Gasteiger partial charge is 0.442 e. The molecule has 0 bridgehead atoms. The van der Waals surface area contributed by atoms with E-state index in [9.17, 15) is 18.3 Å². The van der Waals surface area contributed by atoms with Gasteiger partial charge in [0, 0.05) is 5.92 Å². The molecule has 1 saturated carbocycles. The van der Waals surface area contributed by atoms with Gasteiger partial charge in [-0.2, -0.15) is 13.2 Å². The Labute approximate surface area is 103 Å². The Morgan fingerprint density at radius 1 is 1.33 bits per heavy atom. The molecule has 6 heteroatoms. The third-order valence-electron chi connectivity index (χ3n) is 3.25. The van der Waals surface area contributed by atoms with Crippen molar-refractivity contribution in [3.05, 3.63) is 17.3 Å². The molecule has 1 unspecified atom stereocenters. The van der Waals surface area contributed by atoms with E-state index in [4.69, 9.17) is 4.42 Å². The van der Waals surface area contributed by atoms with Crippen molar-refractivity contribution in [3.63, 3.8) is 0 Å². The van der Waals surface area contributed by atoms with Gasteiger partial charge in [-0.15, -0.1) is 0 Å². The Bertz CT molecular complexity index is 445. The molecule has 0 radical (unpaired) electrons. The summed E-state index contributed by atoms with van der Waals surface area (Å²) in [5.41, 5.74) is -2.43. The van der Waals surface area contributed by atoms with E-state index in [1.54, 1.807) is 13.8 Å². The second kappa shape index (κ2) is 3.98. The van der Waals surface area contributed by atoms with Gasteiger partial charge in [0.25, 0.3) is 0 Å². The molecule has 1 fully saturated rings. The van der Waals surface area contributed by atoms with Gasteiger partial charge in [-0.05, 0) is 25.7 Å². The predicted molar refractivity (Wildman–Crippen MR) is 57.9 cm³/mol. The van der Waals surface area contributed by atoms with Gasteiger partial charge in [0.05, 0.1) is 0 Å². The number of hydrogen-bond acceptors (Lipinski definition) is 3. The summed E-state index contributed by atoms with van der Waals surface area (Å²) in [6, 6.07) is 0. The lowest BCUT2D eigenvalue weighted by atomic mass is 10.0. The van der Waals surface area contributed by atoms with Crippen LogP contribution in [0.25, 0.3) is 0 Å². The van der Waals surface area contributed by atoms with Crippen molar-refractivity contribution in [3.8, 4) is 0 Å². The zero-order valence-corrected chi connectivity index (χ0v) is 10.5. The molecular weight excluding hydrogens is 247 g/mol. The predicted octanol–water partition coefficient (Wildman–Crippen LogP) is 3.43. The van der Waals surface area contributed by atoms with Crippen molar-refractivity contribution in [1.29, 1.82) is 0 Å². The smallest absolute Gasteiger partial charge is 0.436 e. The van der Waals surface area contributed by atoms with Crippen LogP contribution in [0.5, 0.6) is 0 Å². The molecule has 1 aromatic heterocycles. The van der Waals surface area contributed by atoms with Gasteiger partial charge in [-0.25, -0.2) is 4.98 Å². The maximum absolute atomic E-state index is 12.8. The fourth-order valence-electron chi connectivity index (χ4n) is 1.96. The minimum Gasteiger partial charge on any atom is -0.442 e. The monoisotopic (exact) mass is 263 g/mol. The molecule has 1 N–H and O–H groups in total. The van der Waals surface area contributed by atoms with Gasteiger partial charge < -0.3 is 9.52 Å². The van der Waals surface area contributed by atoms with Crippen LogP contribution >= 0.6 is 0 Å². The summed E-state index contributed by atoms with van der Waals surface area (Å²) in [6.07, 6.45) is -2.98. The Morgan fingerprint density at radius 3 is 2.22 bits per heavy atom. The molecule has 18 heavy (non-hydrogen) atoms. The van der Waals surface area contributed by atoms with Crippen LogP contribution in [0.4, 0.5) is 13.2 Å². The maximum atomic E-state index is 12.8. The lowest BCUT2D eigenvalue weighted by molar-refractivity contribution is -0.142. The molecule has 1 heterocycles. The van der Waals surface area contributed by atoms with Gasteiger partial charge in [0.15, 0.2) is 5.69 Å². The van der Waals surface area contributed by atoms with E-state index in [-0.39, 0.29) is 17.6 Å². The molecule has 1 aromatic rings. The molecule has 102 valence electrons. The normalized spacial score (nSPS) is 20.2. The first-order valence-electron chi connectivity index (χ1n) is 5.94. The van der Waals surface area contributed by atoms with Crippen LogP contribution in [-0.4, -0.2) is 10.1 Å². The van der Waals surface area contributed by atoms with Crippen molar-refractivity contribution in [2.24, 2.45) is 5.92 Å². The van der Waals surface area contributed by atoms with Gasteiger partial charge in [-0.3, -0.25) is 0 Å². The standard InChI is InChI=1S/C12H16F3NO2/c1-6(2)8-9(12(13,14)15)16-10(18-8)11(3,17)7-4-5-7/h6-7,17H,4-5H2,1-3H3. The van der Waals surface area contributed by atoms with Gasteiger partial charge in [0.1, 0.15) is 11.4 Å². The summed E-state index contributed by atoms with van der Waals surface area (Å²) in [7, 11) is 0. The van der Waals surface area contributed by atoms with Gasteiger partial charge in [-0.1, -0.05) is 13.8 Å². The highest BCUT2D eigenvalue weighted by Crippen LogP contribution is 2.47. The van der Waals surface area contributed by atoms with Crippen molar-refractivity contribution < 1.29 is 22.7 Å². The highest BCUT2D eigenvalue weighted by Gasteiger charge is 2.48. The van der Waals surface area contributed by atoms with E-state index < -0.39 is 23.4 Å². The Morgan fingerprint density at radius 2 is 1.89 bits per heavy atom. The number of aromatic nitrogens is 1. The lowest BCUT2D eigenvalue weighted by Gasteiger charge is -2.18. The van der Waals surface area contributed by atoms with Gasteiger partial charge in [0.2, 0.25) is 5.89 Å². The third-order valence-corrected chi connectivity index (χ3v) is 3.25. The zero-order chi connectivity index (χ0) is 13.7. The number of alkyl halides is 3. The number of oxazole rings is 1. The van der Waals surface area contributed by atoms with Crippen LogP contribution in [0, 0.1) is 5.92 Å². The van der Waals surface area contributed by atoms with E-state index >= 15 is 0 Å². The maximum Gasteiger partial charge on any atom is 0.436 e.